The van der Waals surface area contributed by atoms with Crippen molar-refractivity contribution >= 4 is 106 Å². The maximum Gasteiger partial charge on any atom is 0.304 e. The van der Waals surface area contributed by atoms with Crippen LogP contribution in [0.4, 0.5) is 0 Å². The lowest BCUT2D eigenvalue weighted by Crippen LogP contribution is -2.31. The number of hydrogen-bond acceptors (Lipinski definition) is 10. The van der Waals surface area contributed by atoms with Gasteiger partial charge in [-0.2, -0.15) is 18.6 Å². The summed E-state index contributed by atoms with van der Waals surface area (Å²) < 4.78 is 49.4. The normalized spacial score (nSPS) is 13.3. The van der Waals surface area contributed by atoms with Gasteiger partial charge < -0.3 is 20.1 Å². The molecule has 2 aliphatic rings. The number of amides is 2. The Hall–Kier alpha value is -3.91. The zero-order chi connectivity index (χ0) is 39.5. The van der Waals surface area contributed by atoms with Crippen molar-refractivity contribution in [3.63, 3.8) is 0 Å². The first-order valence-corrected chi connectivity index (χ1v) is 21.8. The van der Waals surface area contributed by atoms with Crippen molar-refractivity contribution in [3.05, 3.63) is 91.1 Å². The summed E-state index contributed by atoms with van der Waals surface area (Å²) in [5.41, 5.74) is 3.51. The molecule has 3 N–H and O–H groups in total. The van der Waals surface area contributed by atoms with E-state index in [1.165, 1.54) is 28.2 Å². The van der Waals surface area contributed by atoms with Crippen molar-refractivity contribution in [1.82, 2.24) is 30.2 Å². The zero-order valence-corrected chi connectivity index (χ0v) is 35.0. The van der Waals surface area contributed by atoms with Crippen LogP contribution >= 0.6 is 69.1 Å². The summed E-state index contributed by atoms with van der Waals surface area (Å²) in [7, 11) is -0.949. The molecular weight excluding hydrogens is 883 g/mol. The fraction of sp³-hybridized carbons (Fsp3) is 0.200. The van der Waals surface area contributed by atoms with Gasteiger partial charge in [-0.05, 0) is 53.4 Å². The van der Waals surface area contributed by atoms with Gasteiger partial charge in [0, 0.05) is 53.2 Å². The summed E-state index contributed by atoms with van der Waals surface area (Å²) in [5, 5.41) is 16.6. The molecule has 2 aliphatic heterocycles. The Labute approximate surface area is 350 Å². The number of nitrogens with zero attached hydrogens (tertiary/aromatic N) is 4. The van der Waals surface area contributed by atoms with E-state index in [-0.39, 0.29) is 52.5 Å². The molecule has 0 saturated carbocycles. The van der Waals surface area contributed by atoms with Crippen LogP contribution in [-0.4, -0.2) is 80.9 Å². The van der Waals surface area contributed by atoms with Gasteiger partial charge in [0.25, 0.3) is 11.8 Å². The van der Waals surface area contributed by atoms with Crippen LogP contribution in [0.3, 0.4) is 0 Å². The average molecular weight is 908 g/mol. The van der Waals surface area contributed by atoms with Crippen molar-refractivity contribution in [3.8, 4) is 44.0 Å². The Morgan fingerprint density at radius 2 is 1.25 bits per heavy atom. The lowest BCUT2D eigenvalue weighted by molar-refractivity contribution is 0.0945. The lowest BCUT2D eigenvalue weighted by atomic mass is 10.1. The van der Waals surface area contributed by atoms with Crippen molar-refractivity contribution in [2.75, 3.05) is 26.3 Å². The van der Waals surface area contributed by atoms with Crippen molar-refractivity contribution in [2.24, 2.45) is 0 Å². The molecule has 2 amide bonds. The summed E-state index contributed by atoms with van der Waals surface area (Å²) in [6.45, 7) is 0.810. The molecule has 6 aromatic rings. The first-order chi connectivity index (χ1) is 26.8. The van der Waals surface area contributed by atoms with E-state index >= 15 is 0 Å². The summed E-state index contributed by atoms with van der Waals surface area (Å²) in [5.74, 6) is -0.0376. The van der Waals surface area contributed by atoms with Crippen LogP contribution < -0.4 is 24.6 Å². The maximum atomic E-state index is 13.7. The van der Waals surface area contributed by atoms with Crippen LogP contribution in [-0.2, 0) is 23.0 Å². The highest BCUT2D eigenvalue weighted by Crippen LogP contribution is 2.46. The number of fused-ring (bicyclic) bond motifs is 6. The Balaban J connectivity index is 1.02. The van der Waals surface area contributed by atoms with Crippen LogP contribution in [0, 0.1) is 0 Å². The number of aromatic nitrogens is 4. The van der Waals surface area contributed by atoms with Crippen LogP contribution in [0.1, 0.15) is 38.5 Å². The summed E-state index contributed by atoms with van der Waals surface area (Å²) in [6, 6.07) is 12.9. The second-order valence-corrected chi connectivity index (χ2v) is 18.8. The Kier molecular flexibility index (Phi) is 10.7. The number of halogens is 4. The van der Waals surface area contributed by atoms with Gasteiger partial charge in [0.15, 0.2) is 15.6 Å². The highest BCUT2D eigenvalue weighted by Gasteiger charge is 2.33. The molecule has 0 aliphatic carbocycles. The Morgan fingerprint density at radius 3 is 1.73 bits per heavy atom. The molecular formula is C35H25Cl4N6O7S3Si. The molecule has 4 aromatic heterocycles. The second kappa shape index (κ2) is 15.4. The second-order valence-electron chi connectivity index (χ2n) is 12.5. The minimum Gasteiger partial charge on any atom is -0.492 e. The molecule has 21 heteroatoms. The number of nitrogens with one attached hydrogen (secondary N) is 2. The van der Waals surface area contributed by atoms with E-state index in [4.69, 9.17) is 61.0 Å². The molecule has 13 nitrogen and oxygen atoms in total. The van der Waals surface area contributed by atoms with E-state index in [2.05, 4.69) is 26.0 Å². The number of hydrogen-bond donors (Lipinski definition) is 3. The van der Waals surface area contributed by atoms with Gasteiger partial charge in [0.05, 0.1) is 66.0 Å². The monoisotopic (exact) mass is 905 g/mol. The fourth-order valence-corrected chi connectivity index (χ4v) is 10.6. The highest BCUT2D eigenvalue weighted by molar-refractivity contribution is 7.88. The van der Waals surface area contributed by atoms with Gasteiger partial charge >= 0.3 is 10.1 Å². The number of rotatable bonds is 9. The molecule has 0 saturated heterocycles. The third-order valence-electron chi connectivity index (χ3n) is 8.87. The molecule has 0 atom stereocenters. The number of thiophene rings is 2. The molecule has 0 spiro atoms. The average Bonchev–Trinajstić information content (AvgIpc) is 3.87. The molecule has 0 fully saturated rings. The smallest absolute Gasteiger partial charge is 0.304 e. The molecule has 287 valence electrons. The maximum absolute atomic E-state index is 13.7. The fourth-order valence-electron chi connectivity index (χ4n) is 6.45. The zero-order valence-electron chi connectivity index (χ0n) is 28.5. The molecule has 3 radical (unpaired) electrons. The van der Waals surface area contributed by atoms with E-state index < -0.39 is 21.9 Å². The summed E-state index contributed by atoms with van der Waals surface area (Å²) in [6.07, 6.45) is 1.04. The van der Waals surface area contributed by atoms with Crippen LogP contribution in [0.25, 0.3) is 32.5 Å². The molecule has 2 aromatic carbocycles. The van der Waals surface area contributed by atoms with Crippen LogP contribution in [0.15, 0.2) is 52.7 Å². The van der Waals surface area contributed by atoms with Crippen LogP contribution in [0.2, 0.25) is 20.1 Å². The van der Waals surface area contributed by atoms with Gasteiger partial charge in [0.1, 0.15) is 11.5 Å². The predicted molar refractivity (Wildman–Crippen MR) is 217 cm³/mol. The van der Waals surface area contributed by atoms with Crippen molar-refractivity contribution in [2.45, 2.75) is 23.5 Å². The first-order valence-electron chi connectivity index (χ1n) is 16.7. The first kappa shape index (κ1) is 38.9. The van der Waals surface area contributed by atoms with Gasteiger partial charge in [-0.3, -0.25) is 14.1 Å². The van der Waals surface area contributed by atoms with Gasteiger partial charge in [-0.25, -0.2) is 9.36 Å². The number of carbonyl (C=O) groups excluding carboxylic acids is 2. The van der Waals surface area contributed by atoms with Crippen molar-refractivity contribution < 1.29 is 32.0 Å². The third-order valence-corrected chi connectivity index (χ3v) is 13.8. The largest absolute Gasteiger partial charge is 0.492 e. The molecule has 8 rings (SSSR count). The Bertz CT molecular complexity index is 2690. The molecule has 6 heterocycles. The minimum absolute atomic E-state index is 0.0732. The lowest BCUT2D eigenvalue weighted by Gasteiger charge is -2.10. The van der Waals surface area contributed by atoms with E-state index in [9.17, 15) is 22.6 Å². The van der Waals surface area contributed by atoms with Gasteiger partial charge in [-0.1, -0.05) is 46.4 Å². The number of ether oxygens (including phenoxy) is 2. The third kappa shape index (κ3) is 7.36. The number of benzene rings is 2. The van der Waals surface area contributed by atoms with E-state index in [1.54, 1.807) is 35.0 Å². The SMILES string of the molecule is O=C(NCCCNC(=O)c1nn(-c2ccc(Cl)cc2Cl)c2c1CCOc1cc(S(=O)(=O)O)sc1-2)c1nn(-c2ccc(Cl)cc2Cl)c2c1CCOc1cc([Si])sc1-2. The van der Waals surface area contributed by atoms with Crippen molar-refractivity contribution in [1.29, 1.82) is 0 Å². The van der Waals surface area contributed by atoms with E-state index in [1.807, 2.05) is 6.07 Å². The van der Waals surface area contributed by atoms with Gasteiger partial charge in [0.2, 0.25) is 0 Å². The topological polar surface area (TPSA) is 167 Å². The Morgan fingerprint density at radius 1 is 0.768 bits per heavy atom. The minimum atomic E-state index is -4.55. The molecule has 56 heavy (non-hydrogen) atoms. The standard InChI is InChI=1S/C35H25Cl4N6O7S3Si/c36-16-2-4-22(20(38)12-16)44-30-18(6-10-51-24-14-26(53-32(24)30)55(48,49)50)28(42-44)34(46)40-8-1-9-41-35(47)29-19-7-11-52-25-15-27(56)54-33(25)31(19)45(43-29)23-5-3-17(37)13-21(23)39/h2-5,12-15H,1,6-11H2,(H,40,46)(H,41,47)(H,48,49,50). The van der Waals surface area contributed by atoms with E-state index in [0.717, 1.165) is 20.7 Å². The predicted octanol–water partition coefficient (Wildman–Crippen LogP) is 6.59. The summed E-state index contributed by atoms with van der Waals surface area (Å²) in [4.78, 5) is 28.6. The molecule has 0 bridgehead atoms. The van der Waals surface area contributed by atoms with Crippen LogP contribution in [0.5, 0.6) is 11.5 Å². The molecule has 0 unspecified atom stereocenters. The summed E-state index contributed by atoms with van der Waals surface area (Å²) >= 11 is 27.8. The van der Waals surface area contributed by atoms with E-state index in [0.29, 0.717) is 79.0 Å². The van der Waals surface area contributed by atoms with Gasteiger partial charge in [-0.15, -0.1) is 22.7 Å². The quantitative estimate of drug-likeness (QED) is 0.0825. The number of carbonyl (C=O) groups is 2. The highest BCUT2D eigenvalue weighted by atomic mass is 35.5.